The van der Waals surface area contributed by atoms with Gasteiger partial charge in [0.2, 0.25) is 0 Å². The molecule has 0 amide bonds. The third kappa shape index (κ3) is 3.02. The van der Waals surface area contributed by atoms with Gasteiger partial charge in [-0.2, -0.15) is 5.10 Å². The van der Waals surface area contributed by atoms with Crippen molar-refractivity contribution in [3.63, 3.8) is 0 Å². The van der Waals surface area contributed by atoms with Gasteiger partial charge in [0.05, 0.1) is 12.7 Å². The van der Waals surface area contributed by atoms with Crippen molar-refractivity contribution >= 4 is 5.69 Å². The smallest absolute Gasteiger partial charge is 0.250 e. The fourth-order valence-corrected chi connectivity index (χ4v) is 2.17. The van der Waals surface area contributed by atoms with E-state index in [4.69, 9.17) is 5.73 Å². The van der Waals surface area contributed by atoms with Crippen molar-refractivity contribution in [1.82, 2.24) is 14.3 Å². The van der Waals surface area contributed by atoms with Gasteiger partial charge in [-0.05, 0) is 23.8 Å². The minimum absolute atomic E-state index is 0.00316. The number of hydrogen-bond acceptors (Lipinski definition) is 3. The van der Waals surface area contributed by atoms with E-state index in [0.29, 0.717) is 13.1 Å². The lowest BCUT2D eigenvalue weighted by molar-refractivity contribution is 0.524. The number of nitrogens with zero attached hydrogens (tertiary/aromatic N) is 3. The zero-order valence-electron chi connectivity index (χ0n) is 11.5. The normalized spacial score (nSPS) is 10.7. The van der Waals surface area contributed by atoms with Crippen LogP contribution in [0.2, 0.25) is 0 Å². The van der Waals surface area contributed by atoms with Crippen LogP contribution in [0.15, 0.2) is 65.8 Å². The molecule has 0 bridgehead atoms. The number of hydrogen-bond donors (Lipinski definition) is 1. The molecule has 0 aliphatic heterocycles. The van der Waals surface area contributed by atoms with E-state index >= 15 is 0 Å². The Labute approximate surface area is 122 Å². The number of aromatic nitrogens is 3. The maximum absolute atomic E-state index is 11.6. The zero-order chi connectivity index (χ0) is 14.7. The number of nitrogen functional groups attached to an aromatic ring is 1. The lowest BCUT2D eigenvalue weighted by Gasteiger charge is -2.04. The fourth-order valence-electron chi connectivity index (χ4n) is 2.17. The second kappa shape index (κ2) is 5.66. The van der Waals surface area contributed by atoms with Crippen LogP contribution in [-0.4, -0.2) is 14.3 Å². The summed E-state index contributed by atoms with van der Waals surface area (Å²) >= 11 is 0. The molecule has 1 aromatic carbocycles. The molecule has 0 aliphatic rings. The highest BCUT2D eigenvalue weighted by molar-refractivity contribution is 5.63. The van der Waals surface area contributed by atoms with E-state index in [1.54, 1.807) is 22.9 Å². The molecule has 0 saturated carbocycles. The lowest BCUT2D eigenvalue weighted by atomic mass is 10.1. The summed E-state index contributed by atoms with van der Waals surface area (Å²) in [4.78, 5) is 11.6. The van der Waals surface area contributed by atoms with Gasteiger partial charge < -0.3 is 10.3 Å². The van der Waals surface area contributed by atoms with Crippen LogP contribution in [0.5, 0.6) is 0 Å². The standard InChI is InChI=1S/C16H16N4O/c17-15-6-4-13(5-7-15)14-11-18-20(12-14)10-9-19-8-2-1-3-16(19)21/h1-8,11-12H,9-10,17H2. The molecule has 2 N–H and O–H groups in total. The van der Waals surface area contributed by atoms with Crippen LogP contribution in [0, 0.1) is 0 Å². The average molecular weight is 280 g/mol. The summed E-state index contributed by atoms with van der Waals surface area (Å²) in [7, 11) is 0. The summed E-state index contributed by atoms with van der Waals surface area (Å²) in [5.41, 5.74) is 8.54. The minimum atomic E-state index is 0.00316. The van der Waals surface area contributed by atoms with E-state index in [-0.39, 0.29) is 5.56 Å². The molecule has 3 aromatic rings. The van der Waals surface area contributed by atoms with Crippen molar-refractivity contribution < 1.29 is 0 Å². The summed E-state index contributed by atoms with van der Waals surface area (Å²) in [5.74, 6) is 0. The predicted octanol–water partition coefficient (Wildman–Crippen LogP) is 1.99. The van der Waals surface area contributed by atoms with Crippen LogP contribution in [-0.2, 0) is 13.1 Å². The topological polar surface area (TPSA) is 65.8 Å². The van der Waals surface area contributed by atoms with Crippen molar-refractivity contribution in [3.05, 3.63) is 71.4 Å². The van der Waals surface area contributed by atoms with E-state index < -0.39 is 0 Å². The molecule has 5 heteroatoms. The summed E-state index contributed by atoms with van der Waals surface area (Å²) < 4.78 is 3.51. The van der Waals surface area contributed by atoms with Gasteiger partial charge in [0.25, 0.3) is 5.56 Å². The molecule has 106 valence electrons. The Morgan fingerprint density at radius 2 is 1.81 bits per heavy atom. The first kappa shape index (κ1) is 13.2. The van der Waals surface area contributed by atoms with Gasteiger partial charge in [-0.3, -0.25) is 9.48 Å². The molecule has 0 atom stereocenters. The van der Waals surface area contributed by atoms with E-state index in [1.807, 2.05) is 47.4 Å². The van der Waals surface area contributed by atoms with Gasteiger partial charge in [-0.25, -0.2) is 0 Å². The average Bonchev–Trinajstić information content (AvgIpc) is 2.96. The predicted molar refractivity (Wildman–Crippen MR) is 82.8 cm³/mol. The lowest BCUT2D eigenvalue weighted by Crippen LogP contribution is -2.20. The van der Waals surface area contributed by atoms with Crippen molar-refractivity contribution in [2.75, 3.05) is 5.73 Å². The molecule has 0 aliphatic carbocycles. The molecule has 0 saturated heterocycles. The summed E-state index contributed by atoms with van der Waals surface area (Å²) in [6.07, 6.45) is 5.57. The van der Waals surface area contributed by atoms with Gasteiger partial charge >= 0.3 is 0 Å². The van der Waals surface area contributed by atoms with Crippen molar-refractivity contribution in [3.8, 4) is 11.1 Å². The molecule has 3 rings (SSSR count). The van der Waals surface area contributed by atoms with E-state index in [0.717, 1.165) is 16.8 Å². The van der Waals surface area contributed by atoms with E-state index in [9.17, 15) is 4.79 Å². The number of benzene rings is 1. The van der Waals surface area contributed by atoms with Gasteiger partial charge in [-0.1, -0.05) is 18.2 Å². The molecule has 21 heavy (non-hydrogen) atoms. The SMILES string of the molecule is Nc1ccc(-c2cnn(CCn3ccccc3=O)c2)cc1. The van der Waals surface area contributed by atoms with E-state index in [2.05, 4.69) is 5.10 Å². The molecule has 2 aromatic heterocycles. The monoisotopic (exact) mass is 280 g/mol. The van der Waals surface area contributed by atoms with Crippen molar-refractivity contribution in [1.29, 1.82) is 0 Å². The molecule has 0 unspecified atom stereocenters. The molecule has 0 spiro atoms. The molecule has 5 nitrogen and oxygen atoms in total. The van der Waals surface area contributed by atoms with Crippen LogP contribution in [0.1, 0.15) is 0 Å². The Morgan fingerprint density at radius 3 is 2.57 bits per heavy atom. The number of pyridine rings is 1. The van der Waals surface area contributed by atoms with E-state index in [1.165, 1.54) is 0 Å². The first-order valence-electron chi connectivity index (χ1n) is 6.76. The Kier molecular flexibility index (Phi) is 3.55. The Hall–Kier alpha value is -2.82. The molecule has 2 heterocycles. The number of anilines is 1. The van der Waals surface area contributed by atoms with Crippen LogP contribution in [0.4, 0.5) is 5.69 Å². The van der Waals surface area contributed by atoms with Crippen LogP contribution in [0.3, 0.4) is 0 Å². The molecular weight excluding hydrogens is 264 g/mol. The first-order valence-corrected chi connectivity index (χ1v) is 6.76. The van der Waals surface area contributed by atoms with Crippen LogP contribution in [0.25, 0.3) is 11.1 Å². The maximum atomic E-state index is 11.6. The Morgan fingerprint density at radius 1 is 1.00 bits per heavy atom. The first-order chi connectivity index (χ1) is 10.2. The van der Waals surface area contributed by atoms with Crippen LogP contribution >= 0.6 is 0 Å². The third-order valence-electron chi connectivity index (χ3n) is 3.35. The Bertz CT molecular complexity index is 786. The highest BCUT2D eigenvalue weighted by Crippen LogP contribution is 2.19. The minimum Gasteiger partial charge on any atom is -0.399 e. The number of nitrogens with two attached hydrogens (primary N) is 1. The van der Waals surface area contributed by atoms with Gasteiger partial charge in [-0.15, -0.1) is 0 Å². The van der Waals surface area contributed by atoms with Gasteiger partial charge in [0.15, 0.2) is 0 Å². The molecule has 0 radical (unpaired) electrons. The summed E-state index contributed by atoms with van der Waals surface area (Å²) in [6, 6.07) is 12.8. The van der Waals surface area contributed by atoms with Crippen molar-refractivity contribution in [2.45, 2.75) is 13.1 Å². The summed E-state index contributed by atoms with van der Waals surface area (Å²) in [5, 5.41) is 4.33. The highest BCUT2D eigenvalue weighted by atomic mass is 16.1. The quantitative estimate of drug-likeness (QED) is 0.743. The van der Waals surface area contributed by atoms with Crippen LogP contribution < -0.4 is 11.3 Å². The fraction of sp³-hybridized carbons (Fsp3) is 0.125. The zero-order valence-corrected chi connectivity index (χ0v) is 11.5. The Balaban J connectivity index is 1.72. The van der Waals surface area contributed by atoms with Gasteiger partial charge in [0, 0.05) is 36.3 Å². The third-order valence-corrected chi connectivity index (χ3v) is 3.35. The largest absolute Gasteiger partial charge is 0.399 e. The number of rotatable bonds is 4. The second-order valence-electron chi connectivity index (χ2n) is 4.85. The van der Waals surface area contributed by atoms with Crippen molar-refractivity contribution in [2.24, 2.45) is 0 Å². The molecular formula is C16H16N4O. The highest BCUT2D eigenvalue weighted by Gasteiger charge is 2.02. The second-order valence-corrected chi connectivity index (χ2v) is 4.85. The number of aryl methyl sites for hydroxylation is 2. The molecule has 0 fully saturated rings. The maximum Gasteiger partial charge on any atom is 0.250 e. The van der Waals surface area contributed by atoms with Gasteiger partial charge in [0.1, 0.15) is 0 Å². The summed E-state index contributed by atoms with van der Waals surface area (Å²) in [6.45, 7) is 1.25.